The predicted molar refractivity (Wildman–Crippen MR) is 80.3 cm³/mol. The van der Waals surface area contributed by atoms with Crippen molar-refractivity contribution < 1.29 is 9.52 Å². The molecule has 4 nitrogen and oxygen atoms in total. The van der Waals surface area contributed by atoms with E-state index in [1.54, 1.807) is 0 Å². The maximum absolute atomic E-state index is 11.4. The number of likely N-dealkylation sites (tertiary alicyclic amines) is 1. The summed E-state index contributed by atoms with van der Waals surface area (Å²) in [5.41, 5.74) is 1.03. The van der Waals surface area contributed by atoms with E-state index in [9.17, 15) is 9.90 Å². The molecular weight excluding hydrogens is 266 g/mol. The van der Waals surface area contributed by atoms with E-state index >= 15 is 0 Å². The highest BCUT2D eigenvalue weighted by Gasteiger charge is 2.21. The molecule has 0 bridgehead atoms. The monoisotopic (exact) mass is 285 g/mol. The number of rotatable bonds is 3. The fourth-order valence-electron chi connectivity index (χ4n) is 2.90. The van der Waals surface area contributed by atoms with Crippen LogP contribution in [-0.2, 0) is 6.54 Å². The van der Waals surface area contributed by atoms with Gasteiger partial charge >= 0.3 is 0 Å². The molecule has 1 N–H and O–H groups in total. The van der Waals surface area contributed by atoms with Gasteiger partial charge in [0.15, 0.2) is 5.75 Å². The van der Waals surface area contributed by atoms with E-state index < -0.39 is 0 Å². The zero-order chi connectivity index (χ0) is 14.7. The third-order valence-corrected chi connectivity index (χ3v) is 4.10. The first kappa shape index (κ1) is 13.9. The molecule has 0 unspecified atom stereocenters. The zero-order valence-corrected chi connectivity index (χ0v) is 11.9. The molecule has 0 saturated carbocycles. The number of benzene rings is 1. The summed E-state index contributed by atoms with van der Waals surface area (Å²) in [6.45, 7) is 2.60. The summed E-state index contributed by atoms with van der Waals surface area (Å²) in [6.07, 6.45) is 3.35. The van der Waals surface area contributed by atoms with Crippen LogP contribution in [0.1, 0.15) is 30.1 Å². The van der Waals surface area contributed by atoms with Gasteiger partial charge in [-0.25, -0.2) is 0 Å². The fourth-order valence-corrected chi connectivity index (χ4v) is 2.90. The van der Waals surface area contributed by atoms with Crippen molar-refractivity contribution in [3.8, 4) is 5.75 Å². The lowest BCUT2D eigenvalue weighted by Gasteiger charge is -2.31. The molecule has 4 heteroatoms. The van der Waals surface area contributed by atoms with Crippen LogP contribution >= 0.6 is 0 Å². The van der Waals surface area contributed by atoms with Crippen LogP contribution in [0.2, 0.25) is 0 Å². The van der Waals surface area contributed by atoms with Crippen LogP contribution in [-0.4, -0.2) is 23.1 Å². The molecule has 2 heterocycles. The van der Waals surface area contributed by atoms with E-state index in [1.807, 2.05) is 6.07 Å². The Bertz CT molecular complexity index is 643. The molecular formula is C17H19NO3. The first-order valence-corrected chi connectivity index (χ1v) is 7.30. The molecule has 2 aromatic rings. The Labute approximate surface area is 123 Å². The van der Waals surface area contributed by atoms with Crippen LogP contribution in [0.3, 0.4) is 0 Å². The molecule has 1 aliphatic rings. The summed E-state index contributed by atoms with van der Waals surface area (Å²) >= 11 is 0. The maximum atomic E-state index is 11.4. The summed E-state index contributed by atoms with van der Waals surface area (Å²) in [4.78, 5) is 13.7. The van der Waals surface area contributed by atoms with Gasteiger partial charge in [0.25, 0.3) is 0 Å². The Hall–Kier alpha value is -2.07. The van der Waals surface area contributed by atoms with Gasteiger partial charge in [0, 0.05) is 6.07 Å². The lowest BCUT2D eigenvalue weighted by Crippen LogP contribution is -2.32. The molecule has 0 aliphatic carbocycles. The Kier molecular flexibility index (Phi) is 4.06. The van der Waals surface area contributed by atoms with Gasteiger partial charge in [0.1, 0.15) is 12.0 Å². The molecule has 0 spiro atoms. The molecule has 0 atom stereocenters. The third kappa shape index (κ3) is 3.34. The molecule has 1 aromatic carbocycles. The summed E-state index contributed by atoms with van der Waals surface area (Å²) in [7, 11) is 0. The summed E-state index contributed by atoms with van der Waals surface area (Å²) < 4.78 is 5.26. The molecule has 3 rings (SSSR count). The molecule has 21 heavy (non-hydrogen) atoms. The topological polar surface area (TPSA) is 53.7 Å². The molecule has 1 saturated heterocycles. The highest BCUT2D eigenvalue weighted by Crippen LogP contribution is 2.28. The molecule has 1 fully saturated rings. The predicted octanol–water partition coefficient (Wildman–Crippen LogP) is 2.73. The van der Waals surface area contributed by atoms with Crippen LogP contribution in [0.25, 0.3) is 0 Å². The first-order valence-electron chi connectivity index (χ1n) is 7.30. The van der Waals surface area contributed by atoms with Crippen molar-refractivity contribution in [2.24, 2.45) is 0 Å². The van der Waals surface area contributed by atoms with Gasteiger partial charge in [-0.2, -0.15) is 0 Å². The minimum absolute atomic E-state index is 0.332. The van der Waals surface area contributed by atoms with E-state index in [0.717, 1.165) is 32.2 Å². The van der Waals surface area contributed by atoms with E-state index in [1.165, 1.54) is 11.6 Å². The Morgan fingerprint density at radius 3 is 2.57 bits per heavy atom. The number of piperidine rings is 1. The van der Waals surface area contributed by atoms with Crippen molar-refractivity contribution in [3.05, 3.63) is 64.2 Å². The van der Waals surface area contributed by atoms with Crippen molar-refractivity contribution in [2.45, 2.75) is 25.3 Å². The minimum Gasteiger partial charge on any atom is -0.502 e. The van der Waals surface area contributed by atoms with Crippen molar-refractivity contribution in [3.63, 3.8) is 0 Å². The second-order valence-electron chi connectivity index (χ2n) is 5.56. The number of hydrogen-bond acceptors (Lipinski definition) is 4. The summed E-state index contributed by atoms with van der Waals surface area (Å²) in [5.74, 6) is 0.895. The van der Waals surface area contributed by atoms with Gasteiger partial charge < -0.3 is 9.52 Å². The molecule has 0 amide bonds. The van der Waals surface area contributed by atoms with Crippen LogP contribution in [0.15, 0.2) is 51.9 Å². The molecule has 1 aliphatic heterocycles. The van der Waals surface area contributed by atoms with E-state index in [2.05, 4.69) is 29.2 Å². The second kappa shape index (κ2) is 6.14. The highest BCUT2D eigenvalue weighted by atomic mass is 16.4. The van der Waals surface area contributed by atoms with E-state index in [4.69, 9.17) is 4.42 Å². The SMILES string of the molecule is O=c1cc(CN2CCC(c3ccccc3)CC2)occ1O. The van der Waals surface area contributed by atoms with Gasteiger partial charge in [-0.1, -0.05) is 30.3 Å². The van der Waals surface area contributed by atoms with Crippen LogP contribution in [0, 0.1) is 0 Å². The quantitative estimate of drug-likeness (QED) is 0.942. The van der Waals surface area contributed by atoms with Gasteiger partial charge in [-0.3, -0.25) is 9.69 Å². The summed E-state index contributed by atoms with van der Waals surface area (Å²) in [6, 6.07) is 12.0. The number of nitrogens with zero attached hydrogens (tertiary/aromatic N) is 1. The van der Waals surface area contributed by atoms with Gasteiger partial charge in [0.05, 0.1) is 6.54 Å². The maximum Gasteiger partial charge on any atom is 0.226 e. The van der Waals surface area contributed by atoms with Crippen molar-refractivity contribution >= 4 is 0 Å². The van der Waals surface area contributed by atoms with Crippen LogP contribution < -0.4 is 5.43 Å². The average molecular weight is 285 g/mol. The molecule has 1 aromatic heterocycles. The number of hydrogen-bond donors (Lipinski definition) is 1. The van der Waals surface area contributed by atoms with Crippen LogP contribution in [0.4, 0.5) is 0 Å². The van der Waals surface area contributed by atoms with Gasteiger partial charge in [-0.15, -0.1) is 0 Å². The smallest absolute Gasteiger partial charge is 0.226 e. The van der Waals surface area contributed by atoms with Crippen molar-refractivity contribution in [1.29, 1.82) is 0 Å². The average Bonchev–Trinajstić information content (AvgIpc) is 2.53. The van der Waals surface area contributed by atoms with Crippen LogP contribution in [0.5, 0.6) is 5.75 Å². The lowest BCUT2D eigenvalue weighted by atomic mass is 9.89. The van der Waals surface area contributed by atoms with E-state index in [-0.39, 0.29) is 11.2 Å². The largest absolute Gasteiger partial charge is 0.502 e. The fraction of sp³-hybridized carbons (Fsp3) is 0.353. The highest BCUT2D eigenvalue weighted by molar-refractivity contribution is 5.20. The zero-order valence-electron chi connectivity index (χ0n) is 11.9. The van der Waals surface area contributed by atoms with Crippen molar-refractivity contribution in [2.75, 3.05) is 13.1 Å². The van der Waals surface area contributed by atoms with E-state index in [0.29, 0.717) is 18.2 Å². The normalized spacial score (nSPS) is 17.0. The van der Waals surface area contributed by atoms with Gasteiger partial charge in [0.2, 0.25) is 5.43 Å². The van der Waals surface area contributed by atoms with Gasteiger partial charge in [-0.05, 0) is 37.4 Å². The Morgan fingerprint density at radius 1 is 1.19 bits per heavy atom. The lowest BCUT2D eigenvalue weighted by molar-refractivity contribution is 0.189. The summed E-state index contributed by atoms with van der Waals surface area (Å²) in [5, 5.41) is 9.19. The third-order valence-electron chi connectivity index (χ3n) is 4.10. The Morgan fingerprint density at radius 2 is 1.90 bits per heavy atom. The molecule has 0 radical (unpaired) electrons. The second-order valence-corrected chi connectivity index (χ2v) is 5.56. The van der Waals surface area contributed by atoms with Crippen molar-refractivity contribution in [1.82, 2.24) is 4.90 Å². The first-order chi connectivity index (χ1) is 10.2. The minimum atomic E-state index is -0.379. The number of aromatic hydroxyl groups is 1. The Balaban J connectivity index is 1.58. The molecule has 110 valence electrons. The standard InChI is InChI=1S/C17H19NO3/c19-16-10-15(21-12-17(16)20)11-18-8-6-14(7-9-18)13-4-2-1-3-5-13/h1-5,10,12,14,20H,6-9,11H2.